The van der Waals surface area contributed by atoms with Gasteiger partial charge < -0.3 is 25.2 Å². The predicted molar refractivity (Wildman–Crippen MR) is 299 cm³/mol. The van der Waals surface area contributed by atoms with Gasteiger partial charge >= 0.3 is 15.6 Å². The Morgan fingerprint density at radius 1 is 0.423 bits per heavy atom. The molecule has 3 N–H and O–H groups in total. The number of hydrogen-bond acceptors (Lipinski definition) is 8. The average Bonchev–Trinajstić information content (AvgIpc) is 3.48. The molecule has 0 bridgehead atoms. The third-order valence-corrected chi connectivity index (χ3v) is 11.1. The molecule has 0 aliphatic carbocycles. The quantitative estimate of drug-likeness (QED) is 0.0841. The number of aliphatic hydroxyl groups is 2. The fourth-order valence-corrected chi connectivity index (χ4v) is 6.53. The largest absolute Gasteiger partial charge is 0.522 e. The Morgan fingerprint density at radius 2 is 0.744 bits per heavy atom. The maximum absolute atomic E-state index is 10.7. The van der Waals surface area contributed by atoms with Crippen LogP contribution in [-0.2, 0) is 50.3 Å². The maximum atomic E-state index is 10.7. The molecular weight excluding hydrogens is 1370 g/mol. The molecule has 10 aromatic rings. The van der Waals surface area contributed by atoms with Crippen LogP contribution in [0.1, 0.15) is 26.4 Å². The van der Waals surface area contributed by atoms with E-state index in [0.29, 0.717) is 5.56 Å². The number of benzene rings is 6. The number of halogens is 3. The number of alkyl halides is 3. The summed E-state index contributed by atoms with van der Waals surface area (Å²) in [4.78, 5) is 17.4. The SMILES string of the molecule is CO.CO.Cc1cnc(-c2[c-]cccc2)cc1C.O=S(=O)(O)C(F)(F)F.[2H]C([2H])([2H])c1cnc(-c2[c-]cccc2)cc1C.[Ir].[Ir].[c-]1ccccc1-c1cc(-c2ccccc2)ccn1.c1ccc(-c2ccnc(-c3ccccc3)c2)cc1. The van der Waals surface area contributed by atoms with E-state index in [1.807, 2.05) is 146 Å². The first-order valence-electron chi connectivity index (χ1n) is 24.7. The van der Waals surface area contributed by atoms with Crippen LogP contribution in [0.3, 0.4) is 0 Å². The van der Waals surface area contributed by atoms with Gasteiger partial charge in [-0.25, -0.2) is 0 Å². The van der Waals surface area contributed by atoms with Gasteiger partial charge in [-0.3, -0.25) is 9.54 Å². The minimum atomic E-state index is -5.84. The molecule has 0 aliphatic rings. The van der Waals surface area contributed by atoms with Crippen molar-refractivity contribution in [1.82, 2.24) is 19.9 Å². The minimum Gasteiger partial charge on any atom is -0.400 e. The van der Waals surface area contributed by atoms with Gasteiger partial charge in [-0.05, 0) is 96.3 Å². The molecule has 9 nitrogen and oxygen atoms in total. The summed E-state index contributed by atoms with van der Waals surface area (Å²) >= 11 is 0. The van der Waals surface area contributed by atoms with Crippen LogP contribution in [0.15, 0.2) is 225 Å². The molecule has 0 atom stereocenters. The second kappa shape index (κ2) is 35.3. The van der Waals surface area contributed by atoms with Gasteiger partial charge in [0, 0.05) is 88.9 Å². The second-order valence-corrected chi connectivity index (χ2v) is 17.2. The van der Waals surface area contributed by atoms with Crippen molar-refractivity contribution in [3.05, 3.63) is 265 Å². The normalized spacial score (nSPS) is 10.7. The van der Waals surface area contributed by atoms with Crippen molar-refractivity contribution in [2.75, 3.05) is 14.2 Å². The summed E-state index contributed by atoms with van der Waals surface area (Å²) in [7, 11) is -3.84. The first-order chi connectivity index (χ1) is 37.9. The van der Waals surface area contributed by atoms with E-state index in [9.17, 15) is 13.2 Å². The molecule has 4 heterocycles. The Labute approximate surface area is 487 Å². The Kier molecular flexibility index (Phi) is 27.9. The van der Waals surface area contributed by atoms with Crippen LogP contribution in [0.5, 0.6) is 0 Å². The Morgan fingerprint density at radius 3 is 1.08 bits per heavy atom. The second-order valence-electron chi connectivity index (χ2n) is 15.7. The standard InChI is InChI=1S/C17H13N.C17H12N.2C13H12N.CHF3O3S.2CH4O.2Ir/c2*1-3-7-14(8-4-1)16-11-12-18-17(13-16)15-9-5-2-6-10-15;2*1-10-8-13(14-9-11(10)2)12-6-4-3-5-7-12;2-1(3,4)8(5,6)7;2*1-2;;/h1-13H;1-9,11-13H;2*3-6,8-9H,1-2H3;(H,5,6,7);2*2H,1H3;;/q;3*-1;;;;;/i;;2D3;;;;;;. The molecule has 0 fully saturated rings. The van der Waals surface area contributed by atoms with E-state index in [1.54, 1.807) is 13.0 Å². The van der Waals surface area contributed by atoms with E-state index in [0.717, 1.165) is 64.8 Å². The Bertz CT molecular complexity index is 3250. The fraction of sp³-hybridized carbons (Fsp3) is 0.111. The monoisotopic (exact) mass is 1430 g/mol. The number of hydrogen-bond donors (Lipinski definition) is 3. The van der Waals surface area contributed by atoms with Crippen molar-refractivity contribution >= 4 is 10.1 Å². The van der Waals surface area contributed by atoms with E-state index in [2.05, 4.69) is 119 Å². The molecule has 0 spiro atoms. The van der Waals surface area contributed by atoms with Gasteiger partial charge in [0.25, 0.3) is 0 Å². The van der Waals surface area contributed by atoms with Gasteiger partial charge in [0.15, 0.2) is 0 Å². The van der Waals surface area contributed by atoms with Crippen LogP contribution < -0.4 is 0 Å². The van der Waals surface area contributed by atoms with Crippen LogP contribution in [0.4, 0.5) is 13.2 Å². The summed E-state index contributed by atoms with van der Waals surface area (Å²) in [5, 5.41) is 14.0. The molecular formula is C63H58F3Ir2N4O5S-3. The van der Waals surface area contributed by atoms with Gasteiger partial charge in [-0.1, -0.05) is 120 Å². The third kappa shape index (κ3) is 22.1. The third-order valence-electron chi connectivity index (χ3n) is 10.5. The van der Waals surface area contributed by atoms with Crippen LogP contribution in [0.2, 0.25) is 0 Å². The molecule has 2 radical (unpaired) electrons. The molecule has 10 rings (SSSR count). The summed E-state index contributed by atoms with van der Waals surface area (Å²) < 4.78 is 79.7. The number of aliphatic hydroxyl groups excluding tert-OH is 2. The predicted octanol–water partition coefficient (Wildman–Crippen LogP) is 14.6. The summed E-state index contributed by atoms with van der Waals surface area (Å²) in [6.07, 6.45) is 7.05. The van der Waals surface area contributed by atoms with Gasteiger partial charge in [-0.2, -0.15) is 21.6 Å². The summed E-state index contributed by atoms with van der Waals surface area (Å²) in [5.74, 6) is 0. The zero-order valence-electron chi connectivity index (χ0n) is 46.0. The summed E-state index contributed by atoms with van der Waals surface area (Å²) in [5.41, 5.74) is 10.6. The zero-order valence-corrected chi connectivity index (χ0v) is 48.6. The van der Waals surface area contributed by atoms with E-state index in [4.69, 9.17) is 27.3 Å². The maximum Gasteiger partial charge on any atom is 0.522 e. The Balaban J connectivity index is 0.000000345. The van der Waals surface area contributed by atoms with E-state index in [-0.39, 0.29) is 40.2 Å². The molecule has 0 amide bonds. The molecule has 0 saturated heterocycles. The first-order valence-corrected chi connectivity index (χ1v) is 24.6. The molecule has 0 aliphatic heterocycles. The Hall–Kier alpha value is -7.16. The first kappa shape index (κ1) is 61.7. The van der Waals surface area contributed by atoms with E-state index >= 15 is 0 Å². The van der Waals surface area contributed by atoms with Crippen LogP contribution in [0.25, 0.3) is 67.3 Å². The van der Waals surface area contributed by atoms with Crippen LogP contribution >= 0.6 is 0 Å². The number of aryl methyl sites for hydroxylation is 4. The van der Waals surface area contributed by atoms with Crippen molar-refractivity contribution < 1.29 is 80.7 Å². The minimum absolute atomic E-state index is 0. The van der Waals surface area contributed by atoms with Crippen molar-refractivity contribution in [2.24, 2.45) is 0 Å². The molecule has 15 heteroatoms. The van der Waals surface area contributed by atoms with Gasteiger partial charge in [-0.15, -0.1) is 108 Å². The number of nitrogens with zero attached hydrogens (tertiary/aromatic N) is 4. The van der Waals surface area contributed by atoms with Gasteiger partial charge in [0.1, 0.15) is 0 Å². The van der Waals surface area contributed by atoms with E-state index in [1.165, 1.54) is 39.6 Å². The summed E-state index contributed by atoms with van der Waals surface area (Å²) in [6, 6.07) is 75.9. The number of pyridine rings is 4. The molecule has 0 unspecified atom stereocenters. The number of rotatable bonds is 6. The van der Waals surface area contributed by atoms with E-state index < -0.39 is 22.5 Å². The van der Waals surface area contributed by atoms with Crippen molar-refractivity contribution in [3.63, 3.8) is 0 Å². The molecule has 78 heavy (non-hydrogen) atoms. The molecule has 408 valence electrons. The van der Waals surface area contributed by atoms with Crippen molar-refractivity contribution in [2.45, 2.75) is 33.1 Å². The smallest absolute Gasteiger partial charge is 0.400 e. The zero-order chi connectivity index (χ0) is 57.9. The topological polar surface area (TPSA) is 146 Å². The molecule has 0 saturated carbocycles. The summed E-state index contributed by atoms with van der Waals surface area (Å²) in [6.45, 7) is 3.86. The van der Waals surface area contributed by atoms with Crippen molar-refractivity contribution in [3.8, 4) is 67.3 Å². The van der Waals surface area contributed by atoms with Crippen molar-refractivity contribution in [1.29, 1.82) is 0 Å². The molecule has 4 aromatic heterocycles. The average molecular weight is 1430 g/mol. The van der Waals surface area contributed by atoms with Gasteiger partial charge in [0.05, 0.1) is 5.69 Å². The van der Waals surface area contributed by atoms with Crippen LogP contribution in [0, 0.1) is 45.8 Å². The molecule has 6 aromatic carbocycles. The number of aromatic nitrogens is 4. The fourth-order valence-electron chi connectivity index (χ4n) is 6.53. The van der Waals surface area contributed by atoms with Gasteiger partial charge in [0.2, 0.25) is 0 Å². The van der Waals surface area contributed by atoms with Crippen LogP contribution in [-0.4, -0.2) is 62.8 Å².